The van der Waals surface area contributed by atoms with Crippen LogP contribution in [0.3, 0.4) is 0 Å². The van der Waals surface area contributed by atoms with Crippen LogP contribution in [-0.2, 0) is 0 Å². The van der Waals surface area contributed by atoms with Gasteiger partial charge in [0.2, 0.25) is 5.88 Å². The summed E-state index contributed by atoms with van der Waals surface area (Å²) in [6.07, 6.45) is 1.81. The van der Waals surface area contributed by atoms with Gasteiger partial charge >= 0.3 is 0 Å². The SMILES string of the molecule is Cc1nc(Oc2ccc3c4ccccc4n(-c4ccccn4)c3c2)cc2c1c1ccccc1n1nnnc21. The number of fused-ring (bicyclic) bond motifs is 9. The molecule has 8 rings (SSSR count). The summed E-state index contributed by atoms with van der Waals surface area (Å²) in [6, 6.07) is 30.4. The monoisotopic (exact) mass is 493 g/mol. The van der Waals surface area contributed by atoms with E-state index in [9.17, 15) is 0 Å². The Kier molecular flexibility index (Phi) is 4.27. The van der Waals surface area contributed by atoms with Crippen molar-refractivity contribution >= 4 is 49.1 Å². The number of para-hydroxylation sites is 2. The Morgan fingerprint density at radius 2 is 1.50 bits per heavy atom. The Labute approximate surface area is 215 Å². The summed E-state index contributed by atoms with van der Waals surface area (Å²) in [7, 11) is 0. The van der Waals surface area contributed by atoms with E-state index >= 15 is 0 Å². The second-order valence-corrected chi connectivity index (χ2v) is 9.22. The molecule has 0 bridgehead atoms. The first-order chi connectivity index (χ1) is 18.8. The molecular formula is C30H19N7O. The van der Waals surface area contributed by atoms with Crippen molar-refractivity contribution in [2.45, 2.75) is 6.92 Å². The van der Waals surface area contributed by atoms with Crippen LogP contribution in [0.25, 0.3) is 54.9 Å². The normalized spacial score (nSPS) is 11.8. The zero-order valence-electron chi connectivity index (χ0n) is 20.3. The Morgan fingerprint density at radius 1 is 0.711 bits per heavy atom. The van der Waals surface area contributed by atoms with Gasteiger partial charge in [0.25, 0.3) is 0 Å². The topological polar surface area (TPSA) is 83.0 Å². The van der Waals surface area contributed by atoms with Crippen LogP contribution in [-0.4, -0.2) is 34.6 Å². The molecule has 0 fully saturated rings. The summed E-state index contributed by atoms with van der Waals surface area (Å²) >= 11 is 0. The van der Waals surface area contributed by atoms with Gasteiger partial charge in [0, 0.05) is 51.0 Å². The molecule has 5 aromatic heterocycles. The molecule has 0 saturated heterocycles. The summed E-state index contributed by atoms with van der Waals surface area (Å²) in [5.41, 5.74) is 4.55. The summed E-state index contributed by atoms with van der Waals surface area (Å²) < 4.78 is 10.3. The minimum Gasteiger partial charge on any atom is -0.439 e. The van der Waals surface area contributed by atoms with E-state index in [1.165, 1.54) is 0 Å². The molecule has 38 heavy (non-hydrogen) atoms. The maximum Gasteiger partial charge on any atom is 0.220 e. The third-order valence-electron chi connectivity index (χ3n) is 7.03. The van der Waals surface area contributed by atoms with Gasteiger partial charge in [-0.1, -0.05) is 42.5 Å². The highest BCUT2D eigenvalue weighted by Crippen LogP contribution is 2.36. The van der Waals surface area contributed by atoms with Crippen LogP contribution in [0.15, 0.2) is 97.2 Å². The van der Waals surface area contributed by atoms with Gasteiger partial charge in [-0.3, -0.25) is 4.57 Å². The highest BCUT2D eigenvalue weighted by Gasteiger charge is 2.17. The Morgan fingerprint density at radius 3 is 2.37 bits per heavy atom. The Hall–Kier alpha value is -5.37. The van der Waals surface area contributed by atoms with Crippen molar-refractivity contribution < 1.29 is 4.74 Å². The molecule has 0 aliphatic carbocycles. The lowest BCUT2D eigenvalue weighted by molar-refractivity contribution is 0.463. The van der Waals surface area contributed by atoms with Crippen LogP contribution in [0.5, 0.6) is 11.6 Å². The van der Waals surface area contributed by atoms with E-state index in [1.54, 1.807) is 4.52 Å². The quantitative estimate of drug-likeness (QED) is 0.264. The second kappa shape index (κ2) is 7.81. The van der Waals surface area contributed by atoms with E-state index in [4.69, 9.17) is 9.72 Å². The lowest BCUT2D eigenvalue weighted by Gasteiger charge is -2.12. The van der Waals surface area contributed by atoms with Gasteiger partial charge in [-0.2, -0.15) is 4.52 Å². The first-order valence-corrected chi connectivity index (χ1v) is 12.3. The van der Waals surface area contributed by atoms with Crippen LogP contribution in [0, 0.1) is 6.92 Å². The average molecular weight is 494 g/mol. The highest BCUT2D eigenvalue weighted by molar-refractivity contribution is 6.13. The van der Waals surface area contributed by atoms with Crippen molar-refractivity contribution in [2.24, 2.45) is 0 Å². The number of aromatic nitrogens is 7. The number of pyridine rings is 3. The Bertz CT molecular complexity index is 2180. The third-order valence-corrected chi connectivity index (χ3v) is 7.03. The molecule has 8 nitrogen and oxygen atoms in total. The van der Waals surface area contributed by atoms with Gasteiger partial charge in [-0.25, -0.2) is 9.97 Å². The average Bonchev–Trinajstić information content (AvgIpc) is 3.57. The van der Waals surface area contributed by atoms with Crippen molar-refractivity contribution in [1.29, 1.82) is 0 Å². The summed E-state index contributed by atoms with van der Waals surface area (Å²) in [5.74, 6) is 2.01. The highest BCUT2D eigenvalue weighted by atomic mass is 16.5. The van der Waals surface area contributed by atoms with Crippen molar-refractivity contribution in [3.05, 3.63) is 103 Å². The number of ether oxygens (including phenoxy) is 1. The first-order valence-electron chi connectivity index (χ1n) is 12.3. The van der Waals surface area contributed by atoms with Gasteiger partial charge in [0.15, 0.2) is 5.65 Å². The van der Waals surface area contributed by atoms with Gasteiger partial charge < -0.3 is 4.74 Å². The largest absolute Gasteiger partial charge is 0.439 e. The first kappa shape index (κ1) is 20.8. The van der Waals surface area contributed by atoms with E-state index in [0.717, 1.165) is 55.0 Å². The number of rotatable bonds is 3. The van der Waals surface area contributed by atoms with Crippen molar-refractivity contribution in [2.75, 3.05) is 0 Å². The molecule has 8 aromatic rings. The fraction of sp³-hybridized carbons (Fsp3) is 0.0333. The van der Waals surface area contributed by atoms with E-state index in [1.807, 2.05) is 73.8 Å². The van der Waals surface area contributed by atoms with Crippen molar-refractivity contribution in [3.63, 3.8) is 0 Å². The Balaban J connectivity index is 1.32. The lowest BCUT2D eigenvalue weighted by atomic mass is 10.1. The van der Waals surface area contributed by atoms with Gasteiger partial charge in [-0.05, 0) is 53.7 Å². The smallest absolute Gasteiger partial charge is 0.220 e. The van der Waals surface area contributed by atoms with E-state index in [2.05, 4.69) is 55.4 Å². The predicted octanol–water partition coefficient (Wildman–Crippen LogP) is 6.42. The molecule has 0 amide bonds. The molecule has 0 radical (unpaired) electrons. The number of tetrazole rings is 1. The number of hydrogen-bond donors (Lipinski definition) is 0. The molecular weight excluding hydrogens is 474 g/mol. The van der Waals surface area contributed by atoms with Crippen LogP contribution in [0.2, 0.25) is 0 Å². The van der Waals surface area contributed by atoms with Crippen LogP contribution < -0.4 is 4.74 Å². The van der Waals surface area contributed by atoms with Gasteiger partial charge in [0.1, 0.15) is 11.6 Å². The number of aryl methyl sites for hydroxylation is 1. The minimum atomic E-state index is 0.482. The molecule has 8 heteroatoms. The zero-order valence-corrected chi connectivity index (χ0v) is 20.3. The molecule has 0 N–H and O–H groups in total. The van der Waals surface area contributed by atoms with Crippen molar-refractivity contribution in [1.82, 2.24) is 34.6 Å². The number of hydrogen-bond acceptors (Lipinski definition) is 6. The molecule has 0 aliphatic heterocycles. The molecule has 0 aliphatic rings. The van der Waals surface area contributed by atoms with E-state index in [0.29, 0.717) is 17.3 Å². The molecule has 5 heterocycles. The second-order valence-electron chi connectivity index (χ2n) is 9.22. The zero-order chi connectivity index (χ0) is 25.2. The van der Waals surface area contributed by atoms with Crippen LogP contribution >= 0.6 is 0 Å². The predicted molar refractivity (Wildman–Crippen MR) is 147 cm³/mol. The fourth-order valence-electron chi connectivity index (χ4n) is 5.47. The molecule has 180 valence electrons. The van der Waals surface area contributed by atoms with Gasteiger partial charge in [-0.15, -0.1) is 5.10 Å². The third kappa shape index (κ3) is 2.94. The standard InChI is InChI=1S/C30H19N7O/c1-18-29-22-9-3-5-11-25(22)37-30(33-34-35-37)23(29)17-28(32-18)38-19-13-14-21-20-8-2-4-10-24(20)36(26(21)16-19)27-12-6-7-15-31-27/h2-17H,1H3. The maximum atomic E-state index is 6.38. The maximum absolute atomic E-state index is 6.38. The van der Waals surface area contributed by atoms with Crippen LogP contribution in [0.4, 0.5) is 0 Å². The fourth-order valence-corrected chi connectivity index (χ4v) is 5.47. The molecule has 0 spiro atoms. The molecule has 0 atom stereocenters. The molecule has 0 saturated carbocycles. The van der Waals surface area contributed by atoms with Gasteiger partial charge in [0.05, 0.1) is 16.6 Å². The molecule has 0 unspecified atom stereocenters. The summed E-state index contributed by atoms with van der Waals surface area (Å²) in [6.45, 7) is 1.99. The van der Waals surface area contributed by atoms with E-state index < -0.39 is 0 Å². The lowest BCUT2D eigenvalue weighted by Crippen LogP contribution is -1.98. The summed E-state index contributed by atoms with van der Waals surface area (Å²) in [5, 5.41) is 17.7. The van der Waals surface area contributed by atoms with E-state index in [-0.39, 0.29) is 0 Å². The molecule has 3 aromatic carbocycles. The van der Waals surface area contributed by atoms with Crippen molar-refractivity contribution in [3.8, 4) is 17.4 Å². The number of benzene rings is 3. The summed E-state index contributed by atoms with van der Waals surface area (Å²) in [4.78, 5) is 9.44. The minimum absolute atomic E-state index is 0.482. The number of nitrogens with zero attached hydrogens (tertiary/aromatic N) is 7. The van der Waals surface area contributed by atoms with Crippen LogP contribution in [0.1, 0.15) is 5.69 Å².